The number of piperidine rings is 4. The van der Waals surface area contributed by atoms with Gasteiger partial charge in [-0.3, -0.25) is 4.79 Å². The van der Waals surface area contributed by atoms with E-state index in [9.17, 15) is 9.90 Å². The number of carbonyl (C=O) groups excluding carboxylic acids is 1. The summed E-state index contributed by atoms with van der Waals surface area (Å²) >= 11 is 5.65. The number of nitrogens with zero attached hydrogens (tertiary/aromatic N) is 2. The molecule has 4 aliphatic rings. The first-order valence-corrected chi connectivity index (χ1v) is 14.1. The van der Waals surface area contributed by atoms with Crippen LogP contribution in [0, 0.1) is 11.3 Å². The first-order valence-electron chi connectivity index (χ1n) is 13.5. The van der Waals surface area contributed by atoms with Gasteiger partial charge in [0.05, 0.1) is 12.5 Å². The maximum Gasteiger partial charge on any atom is 0.309 e. The minimum absolute atomic E-state index is 0.0296. The highest BCUT2D eigenvalue weighted by atomic mass is 35.5. The monoisotopic (exact) mass is 512 g/mol. The van der Waals surface area contributed by atoms with Crippen molar-refractivity contribution in [2.24, 2.45) is 11.3 Å². The fraction of sp³-hybridized carbons (Fsp3) is 0.567. The van der Waals surface area contributed by atoms with Crippen molar-refractivity contribution in [1.29, 1.82) is 0 Å². The van der Waals surface area contributed by atoms with E-state index < -0.39 is 5.60 Å². The second-order valence-electron chi connectivity index (χ2n) is 10.4. The molecular formula is C30H41ClN2O3. The molecule has 0 aromatic heterocycles. The number of fused-ring (bicyclic) bond motifs is 3. The van der Waals surface area contributed by atoms with Crippen molar-refractivity contribution in [2.45, 2.75) is 44.6 Å². The number of aliphatic hydroxyl groups is 1. The topological polar surface area (TPSA) is 53.0 Å². The average molecular weight is 513 g/mol. The quantitative estimate of drug-likeness (QED) is 0.422. The third kappa shape index (κ3) is 5.80. The third-order valence-electron chi connectivity index (χ3n) is 8.48. The van der Waals surface area contributed by atoms with E-state index in [1.807, 2.05) is 43.3 Å². The zero-order chi connectivity index (χ0) is 25.4. The predicted octanol–water partition coefficient (Wildman–Crippen LogP) is 4.91. The summed E-state index contributed by atoms with van der Waals surface area (Å²) in [6.07, 6.45) is 5.05. The van der Waals surface area contributed by atoms with Crippen LogP contribution >= 0.6 is 11.6 Å². The van der Waals surface area contributed by atoms with E-state index in [1.54, 1.807) is 0 Å². The molecule has 6 rings (SSSR count). The number of ether oxygens (including phenoxy) is 1. The Morgan fingerprint density at radius 3 is 1.89 bits per heavy atom. The summed E-state index contributed by atoms with van der Waals surface area (Å²) in [7, 11) is 0. The van der Waals surface area contributed by atoms with Gasteiger partial charge in [0, 0.05) is 17.8 Å². The second kappa shape index (κ2) is 12.6. The summed E-state index contributed by atoms with van der Waals surface area (Å²) in [5, 5.41) is 12.0. The standard InChI is InChI=1S/C20H23NO.C10H18ClNO2/c22-20(17-7-3-1-4-8-17,18-9-5-2-6-10-18)19-11-14-21(15-12-19)16-13-19;1-2-14-10(13)9-3-6-12(7-4-9)8-5-11/h1-10,22H,11-16H2;9H,2-8H2,1H3. The number of esters is 1. The lowest BCUT2D eigenvalue weighted by Crippen LogP contribution is -2.58. The summed E-state index contributed by atoms with van der Waals surface area (Å²) in [5.74, 6) is 0.754. The molecule has 0 amide bonds. The van der Waals surface area contributed by atoms with Crippen LogP contribution in [-0.2, 0) is 15.1 Å². The normalized spacial score (nSPS) is 24.6. The van der Waals surface area contributed by atoms with Crippen molar-refractivity contribution >= 4 is 17.6 Å². The average Bonchev–Trinajstić information content (AvgIpc) is 2.95. The highest BCUT2D eigenvalue weighted by Gasteiger charge is 2.55. The van der Waals surface area contributed by atoms with Crippen LogP contribution in [0.2, 0.25) is 0 Å². The van der Waals surface area contributed by atoms with Crippen LogP contribution in [0.3, 0.4) is 0 Å². The van der Waals surface area contributed by atoms with Crippen molar-refractivity contribution in [3.63, 3.8) is 0 Å². The summed E-state index contributed by atoms with van der Waals surface area (Å²) in [6.45, 7) is 8.54. The first-order chi connectivity index (χ1) is 17.5. The second-order valence-corrected chi connectivity index (χ2v) is 10.7. The van der Waals surface area contributed by atoms with E-state index in [1.165, 1.54) is 0 Å². The molecule has 2 aromatic carbocycles. The molecule has 0 radical (unpaired) electrons. The molecule has 0 saturated carbocycles. The fourth-order valence-electron chi connectivity index (χ4n) is 6.28. The smallest absolute Gasteiger partial charge is 0.309 e. The van der Waals surface area contributed by atoms with Gasteiger partial charge in [-0.15, -0.1) is 11.6 Å². The molecule has 2 bridgehead atoms. The maximum atomic E-state index is 12.0. The van der Waals surface area contributed by atoms with Gasteiger partial charge >= 0.3 is 5.97 Å². The van der Waals surface area contributed by atoms with Gasteiger partial charge in [0.25, 0.3) is 0 Å². The molecule has 1 N–H and O–H groups in total. The number of halogens is 1. The number of alkyl halides is 1. The first kappa shape index (κ1) is 27.1. The van der Waals surface area contributed by atoms with Gasteiger partial charge in [0.1, 0.15) is 5.60 Å². The molecule has 4 heterocycles. The number of likely N-dealkylation sites (tertiary alicyclic amines) is 1. The van der Waals surface area contributed by atoms with Crippen LogP contribution in [0.1, 0.15) is 50.2 Å². The molecule has 4 saturated heterocycles. The van der Waals surface area contributed by atoms with Crippen molar-refractivity contribution in [1.82, 2.24) is 9.80 Å². The minimum Gasteiger partial charge on any atom is -0.466 e. The molecular weight excluding hydrogens is 472 g/mol. The van der Waals surface area contributed by atoms with Gasteiger partial charge < -0.3 is 19.6 Å². The Bertz CT molecular complexity index is 886. The van der Waals surface area contributed by atoms with Crippen LogP contribution in [0.25, 0.3) is 0 Å². The lowest BCUT2D eigenvalue weighted by molar-refractivity contribution is -0.149. The molecule has 4 aliphatic heterocycles. The minimum atomic E-state index is -0.887. The number of benzene rings is 2. The van der Waals surface area contributed by atoms with Crippen LogP contribution in [0.15, 0.2) is 60.7 Å². The Kier molecular flexibility index (Phi) is 9.46. The van der Waals surface area contributed by atoms with Crippen molar-refractivity contribution in [3.8, 4) is 0 Å². The lowest BCUT2D eigenvalue weighted by Gasteiger charge is -2.56. The molecule has 0 spiro atoms. The van der Waals surface area contributed by atoms with Crippen LogP contribution in [-0.4, -0.2) is 72.6 Å². The van der Waals surface area contributed by atoms with Crippen molar-refractivity contribution < 1.29 is 14.6 Å². The van der Waals surface area contributed by atoms with Crippen LogP contribution < -0.4 is 0 Å². The number of hydrogen-bond acceptors (Lipinski definition) is 5. The Morgan fingerprint density at radius 1 is 0.944 bits per heavy atom. The Morgan fingerprint density at radius 2 is 1.44 bits per heavy atom. The van der Waals surface area contributed by atoms with Gasteiger partial charge in [0.15, 0.2) is 0 Å². The third-order valence-corrected chi connectivity index (χ3v) is 8.65. The highest BCUT2D eigenvalue weighted by molar-refractivity contribution is 6.18. The van der Waals surface area contributed by atoms with E-state index in [2.05, 4.69) is 34.1 Å². The highest BCUT2D eigenvalue weighted by Crippen LogP contribution is 2.55. The van der Waals surface area contributed by atoms with Gasteiger partial charge in [-0.1, -0.05) is 60.7 Å². The van der Waals surface area contributed by atoms with E-state index in [0.717, 1.165) is 82.5 Å². The zero-order valence-electron chi connectivity index (χ0n) is 21.6. The maximum absolute atomic E-state index is 12.0. The number of carbonyl (C=O) groups is 1. The van der Waals surface area contributed by atoms with Crippen LogP contribution in [0.5, 0.6) is 0 Å². The molecule has 0 aliphatic carbocycles. The van der Waals surface area contributed by atoms with E-state index in [4.69, 9.17) is 16.3 Å². The van der Waals surface area contributed by atoms with Crippen molar-refractivity contribution in [3.05, 3.63) is 71.8 Å². The summed E-state index contributed by atoms with van der Waals surface area (Å²) in [4.78, 5) is 16.2. The SMILES string of the molecule is CCOC(=O)C1CCN(CCCl)CC1.OC(c1ccccc1)(c1ccccc1)C12CCN(CC1)CC2. The molecule has 0 atom stereocenters. The van der Waals surface area contributed by atoms with Gasteiger partial charge in [0.2, 0.25) is 0 Å². The Hall–Kier alpha value is -1.92. The van der Waals surface area contributed by atoms with E-state index in [0.29, 0.717) is 12.5 Å². The number of hydrogen-bond donors (Lipinski definition) is 1. The molecule has 2 aromatic rings. The Balaban J connectivity index is 0.000000189. The number of rotatable bonds is 7. The van der Waals surface area contributed by atoms with E-state index >= 15 is 0 Å². The van der Waals surface area contributed by atoms with Gasteiger partial charge in [-0.2, -0.15) is 0 Å². The lowest BCUT2D eigenvalue weighted by atomic mass is 9.57. The summed E-state index contributed by atoms with van der Waals surface area (Å²) in [5.41, 5.74) is 1.15. The van der Waals surface area contributed by atoms with Crippen LogP contribution in [0.4, 0.5) is 0 Å². The Labute approximate surface area is 221 Å². The van der Waals surface area contributed by atoms with Gasteiger partial charge in [-0.05, 0) is 82.9 Å². The van der Waals surface area contributed by atoms with E-state index in [-0.39, 0.29) is 17.3 Å². The summed E-state index contributed by atoms with van der Waals surface area (Å²) < 4.78 is 4.99. The summed E-state index contributed by atoms with van der Waals surface area (Å²) in [6, 6.07) is 20.5. The predicted molar refractivity (Wildman–Crippen MR) is 145 cm³/mol. The zero-order valence-corrected chi connectivity index (χ0v) is 22.3. The fourth-order valence-corrected chi connectivity index (χ4v) is 6.52. The largest absolute Gasteiger partial charge is 0.466 e. The molecule has 36 heavy (non-hydrogen) atoms. The van der Waals surface area contributed by atoms with Gasteiger partial charge in [-0.25, -0.2) is 0 Å². The van der Waals surface area contributed by atoms with Crippen molar-refractivity contribution in [2.75, 3.05) is 51.8 Å². The molecule has 0 unspecified atom stereocenters. The molecule has 196 valence electrons. The molecule has 5 nitrogen and oxygen atoms in total. The molecule has 6 heteroatoms. The molecule has 4 fully saturated rings.